The van der Waals surface area contributed by atoms with Gasteiger partial charge in [-0.1, -0.05) is 212 Å². The molecule has 0 fully saturated rings. The highest BCUT2D eigenvalue weighted by Gasteiger charge is 2.36. The standard InChI is InChI=1S/C78H48N8S/c1-5-21-49(22-6-1)59-46-60(50-23-7-2-8-24-50)80-77(79-59)85-68-33-17-14-30-65(68)83(66-31-15-18-34-69(66)85)63-43-39-53-38-42-57-64(44-40-54-37-41-56(63)75(53)76(54)57)84-67-32-16-19-35-70(67)86(71-45-58-55-29-13-20-36-73(55)87-74(58)48-72(71)84)78-81-61(51-25-9-3-10-26-51)47-62(82-78)52-27-11-4-12-28-52/h1-48H. The van der Waals surface area contributed by atoms with Crippen LogP contribution in [0.15, 0.2) is 291 Å². The van der Waals surface area contributed by atoms with Crippen LogP contribution in [0.1, 0.15) is 0 Å². The van der Waals surface area contributed by atoms with Crippen molar-refractivity contribution >= 4 is 133 Å². The van der Waals surface area contributed by atoms with E-state index in [2.05, 4.69) is 299 Å². The smallest absolute Gasteiger partial charge is 0.235 e. The first-order chi connectivity index (χ1) is 43.1. The largest absolute Gasteiger partial charge is 0.306 e. The molecule has 0 saturated carbocycles. The third-order valence-electron chi connectivity index (χ3n) is 17.3. The van der Waals surface area contributed by atoms with Crippen molar-refractivity contribution in [1.29, 1.82) is 0 Å². The molecule has 13 aromatic carbocycles. The van der Waals surface area contributed by atoms with Crippen molar-refractivity contribution in [2.24, 2.45) is 0 Å². The van der Waals surface area contributed by atoms with Crippen LogP contribution in [-0.2, 0) is 0 Å². The summed E-state index contributed by atoms with van der Waals surface area (Å²) in [6.45, 7) is 0. The predicted molar refractivity (Wildman–Crippen MR) is 362 cm³/mol. The summed E-state index contributed by atoms with van der Waals surface area (Å²) in [6, 6.07) is 104. The number of benzene rings is 13. The molecule has 3 aromatic heterocycles. The van der Waals surface area contributed by atoms with Crippen molar-refractivity contribution in [1.82, 2.24) is 19.9 Å². The maximum Gasteiger partial charge on any atom is 0.235 e. The van der Waals surface area contributed by atoms with E-state index in [0.29, 0.717) is 11.9 Å². The molecule has 2 aliphatic heterocycles. The average Bonchev–Trinajstić information content (AvgIpc) is 2.28. The van der Waals surface area contributed by atoms with Gasteiger partial charge in [0.2, 0.25) is 11.9 Å². The van der Waals surface area contributed by atoms with E-state index in [1.807, 2.05) is 23.5 Å². The lowest BCUT2D eigenvalue weighted by atomic mass is 9.91. The molecule has 0 N–H and O–H groups in total. The average molecular weight is 1130 g/mol. The lowest BCUT2D eigenvalue weighted by molar-refractivity contribution is 1.06. The predicted octanol–water partition coefficient (Wildman–Crippen LogP) is 21.7. The summed E-state index contributed by atoms with van der Waals surface area (Å²) in [5.41, 5.74) is 17.7. The zero-order chi connectivity index (χ0) is 57.1. The van der Waals surface area contributed by atoms with Crippen LogP contribution in [0.5, 0.6) is 0 Å². The third-order valence-corrected chi connectivity index (χ3v) is 18.4. The second-order valence-corrected chi connectivity index (χ2v) is 23.3. The summed E-state index contributed by atoms with van der Waals surface area (Å²) >= 11 is 1.83. The molecule has 0 spiro atoms. The number of hydrogen-bond acceptors (Lipinski definition) is 9. The van der Waals surface area contributed by atoms with Gasteiger partial charge >= 0.3 is 0 Å². The number of fused-ring (bicyclic) bond motifs is 7. The highest BCUT2D eigenvalue weighted by Crippen LogP contribution is 2.59. The molecule has 406 valence electrons. The SMILES string of the molecule is c1ccc(-c2cc(-c3ccccc3)nc(N3c4ccccc4N(c4ccc5ccc6c(N7c8ccccc8N(c8nc(-c9ccccc9)cc(-c9ccccc9)n8)c8cc9c(cc87)sc7ccccc79)ccc7ccc4c5c76)c4ccccc43)n2)cc1. The maximum absolute atomic E-state index is 5.49. The lowest BCUT2D eigenvalue weighted by Gasteiger charge is -2.40. The van der Waals surface area contributed by atoms with E-state index in [4.69, 9.17) is 19.9 Å². The van der Waals surface area contributed by atoms with E-state index in [-0.39, 0.29) is 0 Å². The van der Waals surface area contributed by atoms with Crippen molar-refractivity contribution in [2.75, 3.05) is 19.6 Å². The summed E-state index contributed by atoms with van der Waals surface area (Å²) in [5, 5.41) is 9.48. The van der Waals surface area contributed by atoms with Crippen LogP contribution < -0.4 is 19.6 Å². The Morgan fingerprint density at radius 2 is 0.552 bits per heavy atom. The van der Waals surface area contributed by atoms with Gasteiger partial charge in [-0.2, -0.15) is 0 Å². The summed E-state index contributed by atoms with van der Waals surface area (Å²) in [4.78, 5) is 31.2. The Morgan fingerprint density at radius 3 is 0.977 bits per heavy atom. The fraction of sp³-hybridized carbons (Fsp3) is 0. The minimum atomic E-state index is 0.597. The molecule has 0 unspecified atom stereocenters. The Balaban J connectivity index is 0.831. The van der Waals surface area contributed by atoms with Gasteiger partial charge in [-0.05, 0) is 100 Å². The van der Waals surface area contributed by atoms with Crippen LogP contribution in [0.25, 0.3) is 97.5 Å². The van der Waals surface area contributed by atoms with Gasteiger partial charge in [0.1, 0.15) is 0 Å². The molecule has 18 rings (SSSR count). The Labute approximate surface area is 505 Å². The topological polar surface area (TPSA) is 64.5 Å². The van der Waals surface area contributed by atoms with Crippen molar-refractivity contribution in [3.05, 3.63) is 291 Å². The van der Waals surface area contributed by atoms with Gasteiger partial charge in [-0.25, -0.2) is 19.9 Å². The first kappa shape index (κ1) is 49.0. The summed E-state index contributed by atoms with van der Waals surface area (Å²) < 4.78 is 2.45. The van der Waals surface area contributed by atoms with E-state index in [0.717, 1.165) is 113 Å². The minimum absolute atomic E-state index is 0.597. The summed E-state index contributed by atoms with van der Waals surface area (Å²) in [5.74, 6) is 1.19. The van der Waals surface area contributed by atoms with Gasteiger partial charge in [-0.3, -0.25) is 9.80 Å². The van der Waals surface area contributed by atoms with Crippen LogP contribution in [0.2, 0.25) is 0 Å². The fourth-order valence-electron chi connectivity index (χ4n) is 13.4. The van der Waals surface area contributed by atoms with E-state index in [1.54, 1.807) is 0 Å². The van der Waals surface area contributed by atoms with Gasteiger partial charge in [-0.15, -0.1) is 11.3 Å². The molecule has 2 aliphatic rings. The molecule has 5 heterocycles. The highest BCUT2D eigenvalue weighted by atomic mass is 32.1. The van der Waals surface area contributed by atoms with Gasteiger partial charge in [0, 0.05) is 53.2 Å². The number of para-hydroxylation sites is 6. The normalized spacial score (nSPS) is 12.7. The first-order valence-corrected chi connectivity index (χ1v) is 30.1. The van der Waals surface area contributed by atoms with E-state index >= 15 is 0 Å². The first-order valence-electron chi connectivity index (χ1n) is 29.3. The van der Waals surface area contributed by atoms with Crippen molar-refractivity contribution in [3.8, 4) is 45.0 Å². The van der Waals surface area contributed by atoms with E-state index in [9.17, 15) is 0 Å². The van der Waals surface area contributed by atoms with E-state index < -0.39 is 0 Å². The fourth-order valence-corrected chi connectivity index (χ4v) is 14.5. The molecule has 87 heavy (non-hydrogen) atoms. The number of anilines is 12. The van der Waals surface area contributed by atoms with Crippen LogP contribution in [0.3, 0.4) is 0 Å². The Bertz CT molecular complexity index is 5220. The second-order valence-electron chi connectivity index (χ2n) is 22.2. The van der Waals surface area contributed by atoms with Gasteiger partial charge in [0.15, 0.2) is 0 Å². The van der Waals surface area contributed by atoms with Crippen LogP contribution in [-0.4, -0.2) is 19.9 Å². The second kappa shape index (κ2) is 19.5. The van der Waals surface area contributed by atoms with Crippen molar-refractivity contribution < 1.29 is 0 Å². The maximum atomic E-state index is 5.49. The van der Waals surface area contributed by atoms with Crippen molar-refractivity contribution in [3.63, 3.8) is 0 Å². The molecule has 16 aromatic rings. The molecule has 0 aliphatic carbocycles. The molecule has 9 heteroatoms. The molecular weight excluding hydrogens is 1080 g/mol. The Hall–Kier alpha value is -11.5. The molecule has 8 nitrogen and oxygen atoms in total. The summed E-state index contributed by atoms with van der Waals surface area (Å²) in [7, 11) is 0. The molecule has 0 radical (unpaired) electrons. The van der Waals surface area contributed by atoms with Crippen LogP contribution in [0, 0.1) is 0 Å². The molecule has 0 atom stereocenters. The molecule has 0 saturated heterocycles. The minimum Gasteiger partial charge on any atom is -0.306 e. The van der Waals surface area contributed by atoms with Crippen molar-refractivity contribution in [2.45, 2.75) is 0 Å². The molecule has 0 bridgehead atoms. The van der Waals surface area contributed by atoms with Crippen LogP contribution in [0.4, 0.5) is 68.8 Å². The van der Waals surface area contributed by atoms with Gasteiger partial charge < -0.3 is 9.80 Å². The van der Waals surface area contributed by atoms with Gasteiger partial charge in [0.05, 0.1) is 79.6 Å². The number of aromatic nitrogens is 4. The molecule has 0 amide bonds. The lowest BCUT2D eigenvalue weighted by Crippen LogP contribution is -2.25. The van der Waals surface area contributed by atoms with E-state index in [1.165, 1.54) is 41.7 Å². The number of hydrogen-bond donors (Lipinski definition) is 0. The Kier molecular flexibility index (Phi) is 11.0. The number of thiophene rings is 1. The quantitative estimate of drug-likeness (QED) is 0.140. The number of nitrogens with zero attached hydrogens (tertiary/aromatic N) is 8. The van der Waals surface area contributed by atoms with Gasteiger partial charge in [0.25, 0.3) is 0 Å². The molecular formula is C78H48N8S. The summed E-state index contributed by atoms with van der Waals surface area (Å²) in [6.07, 6.45) is 0. The zero-order valence-electron chi connectivity index (χ0n) is 46.7. The highest BCUT2D eigenvalue weighted by molar-refractivity contribution is 7.25. The monoisotopic (exact) mass is 1130 g/mol. The van der Waals surface area contributed by atoms with Crippen LogP contribution >= 0.6 is 11.3 Å². The third kappa shape index (κ3) is 7.76. The Morgan fingerprint density at radius 1 is 0.218 bits per heavy atom. The zero-order valence-corrected chi connectivity index (χ0v) is 47.5. The number of rotatable bonds is 8.